The van der Waals surface area contributed by atoms with Crippen molar-refractivity contribution in [2.24, 2.45) is 5.92 Å². The summed E-state index contributed by atoms with van der Waals surface area (Å²) in [6.07, 6.45) is 8.37. The fourth-order valence-electron chi connectivity index (χ4n) is 3.52. The van der Waals surface area contributed by atoms with Gasteiger partial charge in [0, 0.05) is 19.6 Å². The summed E-state index contributed by atoms with van der Waals surface area (Å²) in [6.45, 7) is 12.6. The molecule has 0 radical (unpaired) electrons. The van der Waals surface area contributed by atoms with Gasteiger partial charge in [0.25, 0.3) is 0 Å². The van der Waals surface area contributed by atoms with Gasteiger partial charge in [-0.3, -0.25) is 0 Å². The van der Waals surface area contributed by atoms with Crippen LogP contribution in [0.4, 0.5) is 0 Å². The zero-order chi connectivity index (χ0) is 13.3. The number of nitrogens with one attached hydrogen (secondary N) is 1. The van der Waals surface area contributed by atoms with E-state index in [-0.39, 0.29) is 0 Å². The Balaban J connectivity index is 1.68. The van der Waals surface area contributed by atoms with E-state index >= 15 is 0 Å². The molecule has 0 aromatic heterocycles. The summed E-state index contributed by atoms with van der Waals surface area (Å²) < 4.78 is 0. The van der Waals surface area contributed by atoms with E-state index in [0.717, 1.165) is 5.92 Å². The second kappa shape index (κ2) is 8.93. The summed E-state index contributed by atoms with van der Waals surface area (Å²) in [4.78, 5) is 5.39. The van der Waals surface area contributed by atoms with Gasteiger partial charge in [-0.25, -0.2) is 0 Å². The number of rotatable bonds is 7. The monoisotopic (exact) mass is 267 g/mol. The average Bonchev–Trinajstić information content (AvgIpc) is 2.47. The molecule has 19 heavy (non-hydrogen) atoms. The van der Waals surface area contributed by atoms with Crippen LogP contribution in [0.2, 0.25) is 0 Å². The van der Waals surface area contributed by atoms with E-state index in [4.69, 9.17) is 0 Å². The van der Waals surface area contributed by atoms with Crippen LogP contribution in [0.5, 0.6) is 0 Å². The van der Waals surface area contributed by atoms with Crippen molar-refractivity contribution in [2.75, 3.05) is 52.4 Å². The summed E-state index contributed by atoms with van der Waals surface area (Å²) in [7, 11) is 0. The van der Waals surface area contributed by atoms with Gasteiger partial charge in [-0.2, -0.15) is 0 Å². The normalized spacial score (nSPS) is 25.9. The minimum Gasteiger partial charge on any atom is -0.316 e. The molecule has 0 saturated carbocycles. The van der Waals surface area contributed by atoms with E-state index in [1.165, 1.54) is 90.9 Å². The van der Waals surface area contributed by atoms with Gasteiger partial charge in [0.05, 0.1) is 0 Å². The molecule has 1 atom stereocenters. The molecule has 2 rings (SSSR count). The minimum atomic E-state index is 0.890. The zero-order valence-corrected chi connectivity index (χ0v) is 12.9. The Morgan fingerprint density at radius 1 is 1.11 bits per heavy atom. The first-order valence-corrected chi connectivity index (χ1v) is 8.54. The predicted octanol–water partition coefficient (Wildman–Crippen LogP) is 2.18. The van der Waals surface area contributed by atoms with Gasteiger partial charge >= 0.3 is 0 Å². The van der Waals surface area contributed by atoms with E-state index in [0.29, 0.717) is 0 Å². The molecule has 2 aliphatic heterocycles. The third-order valence-corrected chi connectivity index (χ3v) is 4.64. The Bertz CT molecular complexity index is 220. The average molecular weight is 267 g/mol. The molecular formula is C16H33N3. The fourth-order valence-corrected chi connectivity index (χ4v) is 3.52. The van der Waals surface area contributed by atoms with Crippen molar-refractivity contribution in [3.8, 4) is 0 Å². The van der Waals surface area contributed by atoms with Crippen LogP contribution in [0, 0.1) is 5.92 Å². The standard InChI is InChI=1S/C16H33N3/c1-2-9-19(15-16-7-6-8-17-14-16)13-12-18-10-4-3-5-11-18/h16-17H,2-15H2,1H3. The summed E-state index contributed by atoms with van der Waals surface area (Å²) in [5.74, 6) is 0.890. The maximum absolute atomic E-state index is 3.55. The van der Waals surface area contributed by atoms with Gasteiger partial charge in [0.1, 0.15) is 0 Å². The number of hydrogen-bond donors (Lipinski definition) is 1. The van der Waals surface area contributed by atoms with Gasteiger partial charge in [-0.05, 0) is 70.7 Å². The van der Waals surface area contributed by atoms with E-state index in [1.807, 2.05) is 0 Å². The third-order valence-electron chi connectivity index (χ3n) is 4.64. The summed E-state index contributed by atoms with van der Waals surface area (Å²) in [5.41, 5.74) is 0. The molecule has 2 heterocycles. The van der Waals surface area contributed by atoms with Crippen LogP contribution in [0.25, 0.3) is 0 Å². The highest BCUT2D eigenvalue weighted by Gasteiger charge is 2.17. The van der Waals surface area contributed by atoms with E-state index in [2.05, 4.69) is 22.0 Å². The largest absolute Gasteiger partial charge is 0.316 e. The lowest BCUT2D eigenvalue weighted by Crippen LogP contribution is -2.42. The molecule has 0 amide bonds. The first kappa shape index (κ1) is 15.3. The van der Waals surface area contributed by atoms with Crippen LogP contribution >= 0.6 is 0 Å². The van der Waals surface area contributed by atoms with Gasteiger partial charge < -0.3 is 15.1 Å². The molecule has 0 bridgehead atoms. The van der Waals surface area contributed by atoms with Crippen LogP contribution in [-0.4, -0.2) is 62.2 Å². The van der Waals surface area contributed by atoms with Crippen LogP contribution in [-0.2, 0) is 0 Å². The van der Waals surface area contributed by atoms with Crippen molar-refractivity contribution in [1.29, 1.82) is 0 Å². The Morgan fingerprint density at radius 2 is 1.95 bits per heavy atom. The quantitative estimate of drug-likeness (QED) is 0.763. The number of likely N-dealkylation sites (tertiary alicyclic amines) is 1. The summed E-state index contributed by atoms with van der Waals surface area (Å²) in [5, 5.41) is 3.55. The fraction of sp³-hybridized carbons (Fsp3) is 1.00. The lowest BCUT2D eigenvalue weighted by atomic mass is 9.99. The minimum absolute atomic E-state index is 0.890. The van der Waals surface area contributed by atoms with Crippen molar-refractivity contribution in [1.82, 2.24) is 15.1 Å². The Hall–Kier alpha value is -0.120. The molecule has 3 nitrogen and oxygen atoms in total. The van der Waals surface area contributed by atoms with Gasteiger partial charge in [-0.15, -0.1) is 0 Å². The molecule has 2 saturated heterocycles. The van der Waals surface area contributed by atoms with Crippen LogP contribution in [0.1, 0.15) is 45.4 Å². The molecule has 0 aromatic carbocycles. The Morgan fingerprint density at radius 3 is 2.63 bits per heavy atom. The first-order chi connectivity index (χ1) is 9.38. The Kier molecular flexibility index (Phi) is 7.18. The van der Waals surface area contributed by atoms with Crippen LogP contribution in [0.3, 0.4) is 0 Å². The summed E-state index contributed by atoms with van der Waals surface area (Å²) >= 11 is 0. The molecule has 1 unspecified atom stereocenters. The van der Waals surface area contributed by atoms with Gasteiger partial charge in [0.15, 0.2) is 0 Å². The maximum atomic E-state index is 3.55. The molecule has 0 aliphatic carbocycles. The van der Waals surface area contributed by atoms with Crippen molar-refractivity contribution < 1.29 is 0 Å². The lowest BCUT2D eigenvalue weighted by Gasteiger charge is -2.33. The highest BCUT2D eigenvalue weighted by molar-refractivity contribution is 4.74. The van der Waals surface area contributed by atoms with E-state index in [9.17, 15) is 0 Å². The molecule has 112 valence electrons. The topological polar surface area (TPSA) is 18.5 Å². The van der Waals surface area contributed by atoms with Crippen molar-refractivity contribution in [2.45, 2.75) is 45.4 Å². The van der Waals surface area contributed by atoms with Crippen molar-refractivity contribution in [3.63, 3.8) is 0 Å². The molecule has 0 aromatic rings. The second-order valence-corrected chi connectivity index (χ2v) is 6.42. The molecule has 2 fully saturated rings. The number of nitrogens with zero attached hydrogens (tertiary/aromatic N) is 2. The summed E-state index contributed by atoms with van der Waals surface area (Å²) in [6, 6.07) is 0. The highest BCUT2D eigenvalue weighted by atomic mass is 15.2. The van der Waals surface area contributed by atoms with Crippen molar-refractivity contribution in [3.05, 3.63) is 0 Å². The predicted molar refractivity (Wildman–Crippen MR) is 82.6 cm³/mol. The first-order valence-electron chi connectivity index (χ1n) is 8.54. The van der Waals surface area contributed by atoms with Crippen molar-refractivity contribution >= 4 is 0 Å². The lowest BCUT2D eigenvalue weighted by molar-refractivity contribution is 0.160. The number of hydrogen-bond acceptors (Lipinski definition) is 3. The molecule has 2 aliphatic rings. The van der Waals surface area contributed by atoms with E-state index < -0.39 is 0 Å². The molecular weight excluding hydrogens is 234 g/mol. The van der Waals surface area contributed by atoms with Gasteiger partial charge in [-0.1, -0.05) is 13.3 Å². The highest BCUT2D eigenvalue weighted by Crippen LogP contribution is 2.13. The maximum Gasteiger partial charge on any atom is 0.0109 e. The SMILES string of the molecule is CCCN(CCN1CCCCC1)CC1CCCNC1. The third kappa shape index (κ3) is 5.80. The molecule has 0 spiro atoms. The van der Waals surface area contributed by atoms with Gasteiger partial charge in [0.2, 0.25) is 0 Å². The molecule has 3 heteroatoms. The zero-order valence-electron chi connectivity index (χ0n) is 12.9. The Labute approximate surface area is 119 Å². The van der Waals surface area contributed by atoms with Crippen LogP contribution < -0.4 is 5.32 Å². The van der Waals surface area contributed by atoms with E-state index in [1.54, 1.807) is 0 Å². The smallest absolute Gasteiger partial charge is 0.0109 e. The second-order valence-electron chi connectivity index (χ2n) is 6.42. The van der Waals surface area contributed by atoms with Crippen LogP contribution in [0.15, 0.2) is 0 Å². The molecule has 1 N–H and O–H groups in total. The number of piperidine rings is 2.